The van der Waals surface area contributed by atoms with E-state index in [4.69, 9.17) is 27.9 Å². The van der Waals surface area contributed by atoms with Crippen molar-refractivity contribution in [3.8, 4) is 0 Å². The Kier molecular flexibility index (Phi) is 6.96. The molecule has 1 aliphatic carbocycles. The molecule has 1 heterocycles. The average molecular weight is 491 g/mol. The van der Waals surface area contributed by atoms with Gasteiger partial charge in [0.05, 0.1) is 29.1 Å². The minimum absolute atomic E-state index is 0.100. The predicted octanol–water partition coefficient (Wildman–Crippen LogP) is 4.13. The van der Waals surface area contributed by atoms with Gasteiger partial charge in [0.15, 0.2) is 0 Å². The van der Waals surface area contributed by atoms with Crippen molar-refractivity contribution >= 4 is 67.1 Å². The number of thiophene rings is 1. The second-order valence-corrected chi connectivity index (χ2v) is 10.6. The van der Waals surface area contributed by atoms with Crippen LogP contribution < -0.4 is 9.62 Å². The third kappa shape index (κ3) is 4.91. The average Bonchev–Trinajstić information content (AvgIpc) is 3.20. The highest BCUT2D eigenvalue weighted by Gasteiger charge is 2.29. The zero-order valence-electron chi connectivity index (χ0n) is 16.3. The van der Waals surface area contributed by atoms with Crippen molar-refractivity contribution in [3.05, 3.63) is 44.2 Å². The fourth-order valence-electron chi connectivity index (χ4n) is 3.27. The number of hydrogen-bond donors (Lipinski definition) is 1. The number of carbonyl (C=O) groups is 2. The smallest absolute Gasteiger partial charge is 0.341 e. The molecule has 7 nitrogen and oxygen atoms in total. The summed E-state index contributed by atoms with van der Waals surface area (Å²) in [5, 5.41) is 3.50. The van der Waals surface area contributed by atoms with Crippen LogP contribution in [0.25, 0.3) is 0 Å². The van der Waals surface area contributed by atoms with E-state index in [9.17, 15) is 18.0 Å². The van der Waals surface area contributed by atoms with Gasteiger partial charge in [-0.25, -0.2) is 13.2 Å². The Balaban J connectivity index is 1.87. The first kappa shape index (κ1) is 22.9. The molecule has 0 atom stereocenters. The minimum atomic E-state index is -3.82. The second-order valence-electron chi connectivity index (χ2n) is 6.70. The van der Waals surface area contributed by atoms with Crippen molar-refractivity contribution in [3.63, 3.8) is 0 Å². The monoisotopic (exact) mass is 490 g/mol. The molecule has 1 aromatic heterocycles. The van der Waals surface area contributed by atoms with Crippen LogP contribution in [-0.2, 0) is 32.4 Å². The molecule has 2 aromatic rings. The van der Waals surface area contributed by atoms with Crippen molar-refractivity contribution in [2.75, 3.05) is 29.0 Å². The zero-order valence-corrected chi connectivity index (χ0v) is 19.5. The van der Waals surface area contributed by atoms with Gasteiger partial charge in [-0.3, -0.25) is 9.10 Å². The van der Waals surface area contributed by atoms with Crippen LogP contribution in [-0.4, -0.2) is 39.7 Å². The van der Waals surface area contributed by atoms with E-state index in [1.54, 1.807) is 6.92 Å². The van der Waals surface area contributed by atoms with Crippen LogP contribution in [0.4, 0.5) is 10.7 Å². The maximum atomic E-state index is 12.7. The molecule has 0 spiro atoms. The Morgan fingerprint density at radius 3 is 2.63 bits per heavy atom. The molecular weight excluding hydrogens is 471 g/mol. The zero-order chi connectivity index (χ0) is 22.1. The lowest BCUT2D eigenvalue weighted by atomic mass is 10.1. The maximum Gasteiger partial charge on any atom is 0.341 e. The molecule has 1 N–H and O–H groups in total. The van der Waals surface area contributed by atoms with E-state index in [-0.39, 0.29) is 17.3 Å². The van der Waals surface area contributed by atoms with Crippen molar-refractivity contribution in [1.82, 2.24) is 0 Å². The Morgan fingerprint density at radius 2 is 2.00 bits per heavy atom. The summed E-state index contributed by atoms with van der Waals surface area (Å²) in [6, 6.07) is 4.32. The number of benzene rings is 1. The van der Waals surface area contributed by atoms with Crippen LogP contribution in [0, 0.1) is 0 Å². The molecule has 11 heteroatoms. The number of ether oxygens (including phenoxy) is 1. The summed E-state index contributed by atoms with van der Waals surface area (Å²) in [4.78, 5) is 26.2. The lowest BCUT2D eigenvalue weighted by Crippen LogP contribution is -2.37. The molecule has 0 aliphatic heterocycles. The summed E-state index contributed by atoms with van der Waals surface area (Å²) in [6.07, 6.45) is 3.50. The molecule has 0 bridgehead atoms. The van der Waals surface area contributed by atoms with Gasteiger partial charge in [0.2, 0.25) is 15.9 Å². The lowest BCUT2D eigenvalue weighted by Gasteiger charge is -2.23. The highest BCUT2D eigenvalue weighted by molar-refractivity contribution is 7.92. The van der Waals surface area contributed by atoms with E-state index in [0.29, 0.717) is 15.6 Å². The molecule has 0 unspecified atom stereocenters. The Bertz CT molecular complexity index is 1100. The fraction of sp³-hybridized carbons (Fsp3) is 0.368. The molecule has 0 fully saturated rings. The van der Waals surface area contributed by atoms with Crippen LogP contribution in [0.5, 0.6) is 0 Å². The summed E-state index contributed by atoms with van der Waals surface area (Å²) in [5.41, 5.74) is 1.39. The van der Waals surface area contributed by atoms with E-state index >= 15 is 0 Å². The number of nitrogens with one attached hydrogen (secondary N) is 1. The number of anilines is 2. The number of esters is 1. The van der Waals surface area contributed by atoms with Crippen LogP contribution in [0.1, 0.15) is 34.1 Å². The molecule has 1 aliphatic rings. The molecule has 1 amide bonds. The van der Waals surface area contributed by atoms with Gasteiger partial charge in [-0.15, -0.1) is 11.3 Å². The Labute approximate surface area is 189 Å². The van der Waals surface area contributed by atoms with Crippen LogP contribution in [0.2, 0.25) is 10.0 Å². The summed E-state index contributed by atoms with van der Waals surface area (Å²) < 4.78 is 30.7. The lowest BCUT2D eigenvalue weighted by molar-refractivity contribution is -0.114. The maximum absolute atomic E-state index is 12.7. The van der Waals surface area contributed by atoms with Gasteiger partial charge in [0, 0.05) is 9.90 Å². The highest BCUT2D eigenvalue weighted by Crippen LogP contribution is 2.39. The van der Waals surface area contributed by atoms with E-state index in [1.807, 2.05) is 0 Å². The van der Waals surface area contributed by atoms with Crippen LogP contribution in [0.15, 0.2) is 18.2 Å². The first-order valence-corrected chi connectivity index (χ1v) is 12.6. The molecule has 0 saturated carbocycles. The van der Waals surface area contributed by atoms with Gasteiger partial charge < -0.3 is 10.1 Å². The standard InChI is InChI=1S/C19H20Cl2N2O5S2/c1-3-28-19(25)17-12-5-4-6-15(12)29-18(17)22-16(24)10-23(30(2,26)27)14-8-7-11(20)9-13(14)21/h7-9H,3-6,10H2,1-2H3,(H,22,24). The normalized spacial score (nSPS) is 13.1. The third-order valence-electron chi connectivity index (χ3n) is 4.52. The van der Waals surface area contributed by atoms with E-state index in [1.165, 1.54) is 29.5 Å². The second kappa shape index (κ2) is 9.13. The topological polar surface area (TPSA) is 92.8 Å². The molecular formula is C19H20Cl2N2O5S2. The SMILES string of the molecule is CCOC(=O)c1c(NC(=O)CN(c2ccc(Cl)cc2Cl)S(C)(=O)=O)sc2c1CCC2. The molecule has 1 aromatic carbocycles. The van der Waals surface area contributed by atoms with Crippen LogP contribution in [0.3, 0.4) is 0 Å². The van der Waals surface area contributed by atoms with Gasteiger partial charge in [-0.2, -0.15) is 0 Å². The fourth-order valence-corrected chi connectivity index (χ4v) is 6.00. The van der Waals surface area contributed by atoms with E-state index < -0.39 is 28.4 Å². The first-order valence-electron chi connectivity index (χ1n) is 9.16. The predicted molar refractivity (Wildman–Crippen MR) is 120 cm³/mol. The number of halogens is 2. The number of aryl methyl sites for hydroxylation is 1. The molecule has 30 heavy (non-hydrogen) atoms. The highest BCUT2D eigenvalue weighted by atomic mass is 35.5. The number of rotatable bonds is 7. The summed E-state index contributed by atoms with van der Waals surface area (Å²) in [5.74, 6) is -1.09. The van der Waals surface area contributed by atoms with E-state index in [0.717, 1.165) is 40.3 Å². The Hall–Kier alpha value is -1.81. The number of carbonyl (C=O) groups excluding carboxylic acids is 2. The third-order valence-corrected chi connectivity index (χ3v) is 7.39. The van der Waals surface area contributed by atoms with Crippen molar-refractivity contribution in [2.24, 2.45) is 0 Å². The van der Waals surface area contributed by atoms with Gasteiger partial charge >= 0.3 is 5.97 Å². The number of hydrogen-bond acceptors (Lipinski definition) is 6. The van der Waals surface area contributed by atoms with Gasteiger partial charge in [-0.05, 0) is 49.9 Å². The molecule has 0 saturated heterocycles. The summed E-state index contributed by atoms with van der Waals surface area (Å²) in [7, 11) is -3.82. The molecule has 3 rings (SSSR count). The Morgan fingerprint density at radius 1 is 1.27 bits per heavy atom. The van der Waals surface area contributed by atoms with Crippen molar-refractivity contribution in [2.45, 2.75) is 26.2 Å². The molecule has 162 valence electrons. The number of amides is 1. The number of sulfonamides is 1. The summed E-state index contributed by atoms with van der Waals surface area (Å²) >= 11 is 13.4. The first-order chi connectivity index (χ1) is 14.1. The van der Waals surface area contributed by atoms with Crippen LogP contribution >= 0.6 is 34.5 Å². The molecule has 0 radical (unpaired) electrons. The van der Waals surface area contributed by atoms with Crippen molar-refractivity contribution < 1.29 is 22.7 Å². The van der Waals surface area contributed by atoms with Gasteiger partial charge in [0.25, 0.3) is 0 Å². The quantitative estimate of drug-likeness (QED) is 0.589. The summed E-state index contributed by atoms with van der Waals surface area (Å²) in [6.45, 7) is 1.42. The van der Waals surface area contributed by atoms with Gasteiger partial charge in [0.1, 0.15) is 11.5 Å². The largest absolute Gasteiger partial charge is 0.462 e. The number of nitrogens with zero attached hydrogens (tertiary/aromatic N) is 1. The number of fused-ring (bicyclic) bond motifs is 1. The van der Waals surface area contributed by atoms with Gasteiger partial charge in [-0.1, -0.05) is 23.2 Å². The van der Waals surface area contributed by atoms with Crippen molar-refractivity contribution in [1.29, 1.82) is 0 Å². The minimum Gasteiger partial charge on any atom is -0.462 e. The van der Waals surface area contributed by atoms with E-state index in [2.05, 4.69) is 5.32 Å².